The van der Waals surface area contributed by atoms with E-state index >= 15 is 0 Å². The molecule has 150 valence electrons. The van der Waals surface area contributed by atoms with Gasteiger partial charge >= 0.3 is 0 Å². The first-order valence-corrected chi connectivity index (χ1v) is 10.3. The van der Waals surface area contributed by atoms with Gasteiger partial charge in [-0.05, 0) is 25.8 Å². The summed E-state index contributed by atoms with van der Waals surface area (Å²) in [6, 6.07) is 4.01. The summed E-state index contributed by atoms with van der Waals surface area (Å²) >= 11 is 1.55. The summed E-state index contributed by atoms with van der Waals surface area (Å²) in [6.07, 6.45) is 4.51. The molecule has 1 atom stereocenters. The molecule has 1 aliphatic carbocycles. The highest BCUT2D eigenvalue weighted by Gasteiger charge is 2.34. The zero-order valence-electron chi connectivity index (χ0n) is 16.6. The van der Waals surface area contributed by atoms with Gasteiger partial charge in [-0.25, -0.2) is 4.99 Å². The Morgan fingerprint density at radius 3 is 2.36 bits per heavy atom. The second-order valence-electron chi connectivity index (χ2n) is 7.06. The smallest absolute Gasteiger partial charge is 0.271 e. The van der Waals surface area contributed by atoms with Crippen LogP contribution >= 0.6 is 11.8 Å². The van der Waals surface area contributed by atoms with Crippen LogP contribution in [0.25, 0.3) is 0 Å². The van der Waals surface area contributed by atoms with Crippen molar-refractivity contribution in [3.05, 3.63) is 33.6 Å². The highest BCUT2D eigenvalue weighted by molar-refractivity contribution is 8.14. The molecule has 0 amide bonds. The lowest BCUT2D eigenvalue weighted by Gasteiger charge is -2.24. The average Bonchev–Trinajstić information content (AvgIpc) is 3.34. The standard InChI is InChI=1S/C20H25N3O4S/c1-11-21-19-17(20(24)22-23(19)12-7-5-6-8-12)18(28-11)13-9-15(26-3)16(27-4)10-14(13)25-2/h9-10,12,18H,5-8H2,1-4H3,(H,22,24). The van der Waals surface area contributed by atoms with E-state index in [9.17, 15) is 4.79 Å². The van der Waals surface area contributed by atoms with Crippen LogP contribution in [-0.2, 0) is 0 Å². The fraction of sp³-hybridized carbons (Fsp3) is 0.500. The molecule has 2 aliphatic rings. The molecule has 1 fully saturated rings. The van der Waals surface area contributed by atoms with Gasteiger partial charge in [0.2, 0.25) is 0 Å². The van der Waals surface area contributed by atoms with Crippen LogP contribution in [0.2, 0.25) is 0 Å². The Morgan fingerprint density at radius 2 is 1.71 bits per heavy atom. The van der Waals surface area contributed by atoms with Crippen LogP contribution in [0.5, 0.6) is 17.2 Å². The zero-order chi connectivity index (χ0) is 19.8. The van der Waals surface area contributed by atoms with Crippen molar-refractivity contribution in [2.45, 2.75) is 43.9 Å². The van der Waals surface area contributed by atoms with Gasteiger partial charge in [0.1, 0.15) is 5.75 Å². The number of ether oxygens (including phenoxy) is 3. The van der Waals surface area contributed by atoms with Crippen LogP contribution in [0.1, 0.15) is 55.0 Å². The van der Waals surface area contributed by atoms with Crippen molar-refractivity contribution < 1.29 is 14.2 Å². The maximum absolute atomic E-state index is 13.0. The Morgan fingerprint density at radius 1 is 1.07 bits per heavy atom. The monoisotopic (exact) mass is 403 g/mol. The molecule has 1 aliphatic heterocycles. The van der Waals surface area contributed by atoms with Crippen LogP contribution in [0, 0.1) is 0 Å². The number of methoxy groups -OCH3 is 3. The number of nitrogens with zero attached hydrogens (tertiary/aromatic N) is 2. The summed E-state index contributed by atoms with van der Waals surface area (Å²) in [6.45, 7) is 1.98. The predicted molar refractivity (Wildman–Crippen MR) is 111 cm³/mol. The third-order valence-electron chi connectivity index (χ3n) is 5.46. The molecule has 28 heavy (non-hydrogen) atoms. The van der Waals surface area contributed by atoms with Crippen LogP contribution in [0.3, 0.4) is 0 Å². The highest BCUT2D eigenvalue weighted by atomic mass is 32.2. The van der Waals surface area contributed by atoms with Crippen molar-refractivity contribution in [3.63, 3.8) is 0 Å². The summed E-state index contributed by atoms with van der Waals surface area (Å²) in [5, 5.41) is 3.74. The van der Waals surface area contributed by atoms with Crippen LogP contribution in [-0.4, -0.2) is 36.2 Å². The van der Waals surface area contributed by atoms with E-state index in [2.05, 4.69) is 5.10 Å². The van der Waals surface area contributed by atoms with E-state index in [-0.39, 0.29) is 10.8 Å². The average molecular weight is 404 g/mol. The topological polar surface area (TPSA) is 77.8 Å². The van der Waals surface area contributed by atoms with Crippen molar-refractivity contribution in [2.75, 3.05) is 21.3 Å². The summed E-state index contributed by atoms with van der Waals surface area (Å²) in [7, 11) is 4.81. The highest BCUT2D eigenvalue weighted by Crippen LogP contribution is 2.49. The molecule has 0 saturated heterocycles. The number of hydrogen-bond donors (Lipinski definition) is 1. The molecular weight excluding hydrogens is 378 g/mol. The van der Waals surface area contributed by atoms with Crippen molar-refractivity contribution in [1.82, 2.24) is 9.78 Å². The lowest BCUT2D eigenvalue weighted by molar-refractivity contribution is 0.347. The van der Waals surface area contributed by atoms with E-state index in [0.29, 0.717) is 28.9 Å². The SMILES string of the molecule is COc1cc(OC)c(C2SC(C)=Nc3c2c(=O)[nH]n3C2CCCC2)cc1OC. The Kier molecular flexibility index (Phi) is 5.14. The number of aromatic amines is 1. The summed E-state index contributed by atoms with van der Waals surface area (Å²) in [4.78, 5) is 17.7. The number of H-pyrrole nitrogens is 1. The molecular formula is C20H25N3O4S. The van der Waals surface area contributed by atoms with Gasteiger partial charge in [0.05, 0.1) is 43.2 Å². The fourth-order valence-corrected chi connectivity index (χ4v) is 5.23. The molecule has 1 unspecified atom stereocenters. The van der Waals surface area contributed by atoms with E-state index in [1.54, 1.807) is 39.2 Å². The van der Waals surface area contributed by atoms with Crippen LogP contribution < -0.4 is 19.8 Å². The van der Waals surface area contributed by atoms with Crippen LogP contribution in [0.15, 0.2) is 21.9 Å². The molecule has 1 aromatic heterocycles. The first kappa shape index (κ1) is 19.0. The Hall–Kier alpha value is -2.35. The number of hydrogen-bond acceptors (Lipinski definition) is 6. The summed E-state index contributed by atoms with van der Waals surface area (Å²) < 4.78 is 18.5. The molecule has 0 bridgehead atoms. The van der Waals surface area contributed by atoms with Gasteiger partial charge in [-0.3, -0.25) is 14.6 Å². The molecule has 7 nitrogen and oxygen atoms in total. The second-order valence-corrected chi connectivity index (χ2v) is 8.36. The minimum Gasteiger partial charge on any atom is -0.496 e. The normalized spacial score (nSPS) is 19.3. The lowest BCUT2D eigenvalue weighted by Crippen LogP contribution is -2.14. The molecule has 0 radical (unpaired) electrons. The minimum absolute atomic E-state index is 0.0903. The molecule has 2 aromatic rings. The number of aliphatic imine (C=N–C) groups is 1. The van der Waals surface area contributed by atoms with Crippen molar-refractivity contribution in [3.8, 4) is 17.2 Å². The second kappa shape index (κ2) is 7.58. The largest absolute Gasteiger partial charge is 0.496 e. The van der Waals surface area contributed by atoms with E-state index in [0.717, 1.165) is 29.3 Å². The number of fused-ring (bicyclic) bond motifs is 1. The Labute approximate surface area is 168 Å². The molecule has 1 aromatic carbocycles. The van der Waals surface area contributed by atoms with E-state index < -0.39 is 0 Å². The van der Waals surface area contributed by atoms with Gasteiger partial charge in [0.15, 0.2) is 17.3 Å². The van der Waals surface area contributed by atoms with E-state index in [4.69, 9.17) is 19.2 Å². The quantitative estimate of drug-likeness (QED) is 0.809. The van der Waals surface area contributed by atoms with Crippen LogP contribution in [0.4, 0.5) is 5.82 Å². The predicted octanol–water partition coefficient (Wildman–Crippen LogP) is 4.20. The molecule has 8 heteroatoms. The molecule has 4 rings (SSSR count). The first-order chi connectivity index (χ1) is 13.6. The van der Waals surface area contributed by atoms with Gasteiger partial charge < -0.3 is 14.2 Å². The van der Waals surface area contributed by atoms with Crippen molar-refractivity contribution in [1.29, 1.82) is 0 Å². The number of rotatable bonds is 5. The molecule has 1 N–H and O–H groups in total. The Balaban J connectivity index is 1.88. The van der Waals surface area contributed by atoms with Gasteiger partial charge in [-0.2, -0.15) is 0 Å². The maximum Gasteiger partial charge on any atom is 0.271 e. The van der Waals surface area contributed by atoms with E-state index in [1.807, 2.05) is 17.7 Å². The number of thioether (sulfide) groups is 1. The zero-order valence-corrected chi connectivity index (χ0v) is 17.4. The first-order valence-electron chi connectivity index (χ1n) is 9.43. The number of aromatic nitrogens is 2. The molecule has 1 saturated carbocycles. The lowest BCUT2D eigenvalue weighted by atomic mass is 10.0. The Bertz CT molecular complexity index is 973. The fourth-order valence-electron chi connectivity index (χ4n) is 4.11. The molecule has 0 spiro atoms. The van der Waals surface area contributed by atoms with Gasteiger partial charge in [-0.1, -0.05) is 24.6 Å². The number of nitrogens with one attached hydrogen (secondary N) is 1. The van der Waals surface area contributed by atoms with E-state index in [1.165, 1.54) is 12.8 Å². The van der Waals surface area contributed by atoms with Crippen molar-refractivity contribution >= 4 is 22.6 Å². The van der Waals surface area contributed by atoms with Crippen molar-refractivity contribution in [2.24, 2.45) is 4.99 Å². The van der Waals surface area contributed by atoms with Gasteiger partial charge in [0.25, 0.3) is 5.56 Å². The van der Waals surface area contributed by atoms with Gasteiger partial charge in [0, 0.05) is 11.6 Å². The maximum atomic E-state index is 13.0. The number of benzene rings is 1. The summed E-state index contributed by atoms with van der Waals surface area (Å²) in [5.74, 6) is 2.60. The minimum atomic E-state index is -0.228. The third kappa shape index (κ3) is 3.09. The third-order valence-corrected chi connectivity index (χ3v) is 6.62. The van der Waals surface area contributed by atoms with Gasteiger partial charge in [-0.15, -0.1) is 0 Å². The summed E-state index contributed by atoms with van der Waals surface area (Å²) in [5.41, 5.74) is 1.45. The molecule has 2 heterocycles.